The summed E-state index contributed by atoms with van der Waals surface area (Å²) >= 11 is 0. The van der Waals surface area contributed by atoms with Crippen molar-refractivity contribution in [1.29, 1.82) is 0 Å². The Kier molecular flexibility index (Phi) is 4.39. The van der Waals surface area contributed by atoms with E-state index < -0.39 is 0 Å². The number of nitrogens with one attached hydrogen (secondary N) is 1. The molecule has 1 aliphatic heterocycles. The highest BCUT2D eigenvalue weighted by molar-refractivity contribution is 4.84. The van der Waals surface area contributed by atoms with Gasteiger partial charge in [-0.1, -0.05) is 20.3 Å². The van der Waals surface area contributed by atoms with E-state index in [0.717, 1.165) is 19.1 Å². The number of hydrogen-bond donors (Lipinski definition) is 1. The van der Waals surface area contributed by atoms with Gasteiger partial charge in [0.15, 0.2) is 0 Å². The maximum absolute atomic E-state index is 5.74. The summed E-state index contributed by atoms with van der Waals surface area (Å²) in [4.78, 5) is 0. The van der Waals surface area contributed by atoms with Gasteiger partial charge in [-0.25, -0.2) is 0 Å². The van der Waals surface area contributed by atoms with Gasteiger partial charge in [-0.2, -0.15) is 0 Å². The second-order valence-electron chi connectivity index (χ2n) is 4.96. The highest BCUT2D eigenvalue weighted by Gasteiger charge is 2.29. The molecule has 1 saturated heterocycles. The molecule has 3 unspecified atom stereocenters. The lowest BCUT2D eigenvalue weighted by Gasteiger charge is -2.28. The first-order valence-corrected chi connectivity index (χ1v) is 5.95. The highest BCUT2D eigenvalue weighted by atomic mass is 16.5. The van der Waals surface area contributed by atoms with Crippen LogP contribution in [0.5, 0.6) is 0 Å². The Labute approximate surface area is 88.4 Å². The summed E-state index contributed by atoms with van der Waals surface area (Å²) < 4.78 is 5.74. The summed E-state index contributed by atoms with van der Waals surface area (Å²) in [5.74, 6) is 0.750. The van der Waals surface area contributed by atoms with E-state index in [2.05, 4.69) is 33.0 Å². The zero-order chi connectivity index (χ0) is 10.6. The monoisotopic (exact) mass is 199 g/mol. The van der Waals surface area contributed by atoms with E-state index in [1.165, 1.54) is 19.3 Å². The molecule has 1 heterocycles. The van der Waals surface area contributed by atoms with Crippen molar-refractivity contribution >= 4 is 0 Å². The van der Waals surface area contributed by atoms with Crippen LogP contribution in [0.4, 0.5) is 0 Å². The van der Waals surface area contributed by atoms with Gasteiger partial charge in [0.05, 0.1) is 5.60 Å². The Morgan fingerprint density at radius 1 is 1.43 bits per heavy atom. The summed E-state index contributed by atoms with van der Waals surface area (Å²) in [5.41, 5.74) is 0.0989. The van der Waals surface area contributed by atoms with E-state index >= 15 is 0 Å². The van der Waals surface area contributed by atoms with Crippen molar-refractivity contribution in [3.8, 4) is 0 Å². The molecule has 0 radical (unpaired) electrons. The minimum absolute atomic E-state index is 0.0989. The number of rotatable bonds is 5. The lowest BCUT2D eigenvalue weighted by atomic mass is 9.98. The van der Waals surface area contributed by atoms with Crippen molar-refractivity contribution in [3.05, 3.63) is 0 Å². The second kappa shape index (κ2) is 5.13. The molecule has 0 bridgehead atoms. The Bertz CT molecular complexity index is 164. The maximum Gasteiger partial charge on any atom is 0.0779 e. The van der Waals surface area contributed by atoms with Crippen LogP contribution in [-0.4, -0.2) is 24.8 Å². The van der Waals surface area contributed by atoms with Crippen LogP contribution in [0.1, 0.15) is 47.0 Å². The third kappa shape index (κ3) is 3.25. The summed E-state index contributed by atoms with van der Waals surface area (Å²) in [6.45, 7) is 11.0. The van der Waals surface area contributed by atoms with Gasteiger partial charge in [0, 0.05) is 19.2 Å². The lowest BCUT2D eigenvalue weighted by molar-refractivity contribution is 0.0178. The smallest absolute Gasteiger partial charge is 0.0779 e. The Morgan fingerprint density at radius 2 is 2.14 bits per heavy atom. The van der Waals surface area contributed by atoms with Crippen LogP contribution >= 0.6 is 0 Å². The lowest BCUT2D eigenvalue weighted by Crippen LogP contribution is -2.43. The van der Waals surface area contributed by atoms with Crippen molar-refractivity contribution in [1.82, 2.24) is 5.32 Å². The topological polar surface area (TPSA) is 21.3 Å². The van der Waals surface area contributed by atoms with Gasteiger partial charge in [-0.05, 0) is 32.6 Å². The van der Waals surface area contributed by atoms with Gasteiger partial charge in [0.25, 0.3) is 0 Å². The average molecular weight is 199 g/mol. The fourth-order valence-electron chi connectivity index (χ4n) is 1.91. The van der Waals surface area contributed by atoms with Crippen LogP contribution in [0, 0.1) is 5.92 Å². The fraction of sp³-hybridized carbons (Fsp3) is 1.00. The molecule has 0 aromatic carbocycles. The van der Waals surface area contributed by atoms with Gasteiger partial charge in [0.1, 0.15) is 0 Å². The summed E-state index contributed by atoms with van der Waals surface area (Å²) in [5, 5.41) is 3.59. The minimum atomic E-state index is 0.0989. The van der Waals surface area contributed by atoms with E-state index in [1.807, 2.05) is 0 Å². The zero-order valence-electron chi connectivity index (χ0n) is 10.1. The molecule has 2 heteroatoms. The third-order valence-corrected chi connectivity index (χ3v) is 3.60. The molecule has 3 atom stereocenters. The summed E-state index contributed by atoms with van der Waals surface area (Å²) in [6, 6.07) is 0.598. The molecule has 84 valence electrons. The predicted molar refractivity (Wildman–Crippen MR) is 60.5 cm³/mol. The Balaban J connectivity index is 2.25. The van der Waals surface area contributed by atoms with E-state index in [1.54, 1.807) is 0 Å². The molecule has 1 aliphatic rings. The second-order valence-corrected chi connectivity index (χ2v) is 4.96. The molecule has 1 rings (SSSR count). The number of hydrogen-bond acceptors (Lipinski definition) is 2. The van der Waals surface area contributed by atoms with Gasteiger partial charge >= 0.3 is 0 Å². The largest absolute Gasteiger partial charge is 0.374 e. The molecular weight excluding hydrogens is 174 g/mol. The molecule has 0 amide bonds. The molecule has 0 saturated carbocycles. The highest BCUT2D eigenvalue weighted by Crippen LogP contribution is 2.24. The van der Waals surface area contributed by atoms with Crippen LogP contribution < -0.4 is 5.32 Å². The third-order valence-electron chi connectivity index (χ3n) is 3.60. The van der Waals surface area contributed by atoms with Crippen LogP contribution in [0.15, 0.2) is 0 Å². The molecule has 0 aromatic rings. The molecule has 0 spiro atoms. The first-order chi connectivity index (χ1) is 6.57. The van der Waals surface area contributed by atoms with Crippen molar-refractivity contribution < 1.29 is 4.74 Å². The standard InChI is InChI=1S/C12H25NO/c1-5-10(2)11(3)13-9-12(4)7-6-8-14-12/h10-11,13H,5-9H2,1-4H3. The van der Waals surface area contributed by atoms with Gasteiger partial charge in [-0.15, -0.1) is 0 Å². The van der Waals surface area contributed by atoms with E-state index in [9.17, 15) is 0 Å². The SMILES string of the molecule is CCC(C)C(C)NCC1(C)CCCO1. The molecule has 2 nitrogen and oxygen atoms in total. The molecule has 1 fully saturated rings. The van der Waals surface area contributed by atoms with Crippen LogP contribution in [0.3, 0.4) is 0 Å². The Morgan fingerprint density at radius 3 is 2.64 bits per heavy atom. The summed E-state index contributed by atoms with van der Waals surface area (Å²) in [7, 11) is 0. The van der Waals surface area contributed by atoms with Crippen molar-refractivity contribution in [3.63, 3.8) is 0 Å². The van der Waals surface area contributed by atoms with Gasteiger partial charge in [0.2, 0.25) is 0 Å². The molecule has 0 aliphatic carbocycles. The van der Waals surface area contributed by atoms with Crippen LogP contribution in [0.2, 0.25) is 0 Å². The quantitative estimate of drug-likeness (QED) is 0.735. The van der Waals surface area contributed by atoms with Crippen molar-refractivity contribution in [2.45, 2.75) is 58.6 Å². The molecular formula is C12H25NO. The van der Waals surface area contributed by atoms with E-state index in [0.29, 0.717) is 6.04 Å². The molecule has 0 aromatic heterocycles. The van der Waals surface area contributed by atoms with E-state index in [4.69, 9.17) is 4.74 Å². The van der Waals surface area contributed by atoms with Crippen LogP contribution in [0.25, 0.3) is 0 Å². The zero-order valence-corrected chi connectivity index (χ0v) is 10.1. The molecule has 14 heavy (non-hydrogen) atoms. The maximum atomic E-state index is 5.74. The minimum Gasteiger partial charge on any atom is -0.374 e. The molecule has 1 N–H and O–H groups in total. The first-order valence-electron chi connectivity index (χ1n) is 5.95. The normalized spacial score (nSPS) is 31.7. The average Bonchev–Trinajstić information content (AvgIpc) is 2.61. The Hall–Kier alpha value is -0.0800. The predicted octanol–water partition coefficient (Wildman–Crippen LogP) is 2.58. The van der Waals surface area contributed by atoms with Crippen molar-refractivity contribution in [2.75, 3.05) is 13.2 Å². The van der Waals surface area contributed by atoms with E-state index in [-0.39, 0.29) is 5.60 Å². The van der Waals surface area contributed by atoms with Crippen LogP contribution in [-0.2, 0) is 4.74 Å². The summed E-state index contributed by atoms with van der Waals surface area (Å²) in [6.07, 6.45) is 3.66. The van der Waals surface area contributed by atoms with Gasteiger partial charge < -0.3 is 10.1 Å². The fourth-order valence-corrected chi connectivity index (χ4v) is 1.91. The van der Waals surface area contributed by atoms with Gasteiger partial charge in [-0.3, -0.25) is 0 Å². The number of ether oxygens (including phenoxy) is 1. The first kappa shape index (κ1) is 12.0. The van der Waals surface area contributed by atoms with Crippen molar-refractivity contribution in [2.24, 2.45) is 5.92 Å².